The van der Waals surface area contributed by atoms with Crippen molar-refractivity contribution in [3.8, 4) is 0 Å². The number of piperidine rings is 1. The highest BCUT2D eigenvalue weighted by Crippen LogP contribution is 2.34. The highest BCUT2D eigenvalue weighted by atomic mass is 16.5. The molecule has 0 saturated carbocycles. The molecule has 3 saturated heterocycles. The molecule has 3 atom stereocenters. The second kappa shape index (κ2) is 7.30. The lowest BCUT2D eigenvalue weighted by molar-refractivity contribution is -0.0124. The van der Waals surface area contributed by atoms with Crippen molar-refractivity contribution in [1.82, 2.24) is 19.7 Å². The Morgan fingerprint density at radius 2 is 2.12 bits per heavy atom. The summed E-state index contributed by atoms with van der Waals surface area (Å²) >= 11 is 0. The third-order valence-corrected chi connectivity index (χ3v) is 5.99. The molecule has 6 nitrogen and oxygen atoms in total. The first-order valence-electron chi connectivity index (χ1n) is 9.46. The van der Waals surface area contributed by atoms with E-state index >= 15 is 0 Å². The topological polar surface area (TPSA) is 48.9 Å². The molecule has 3 fully saturated rings. The summed E-state index contributed by atoms with van der Waals surface area (Å²) in [5, 5.41) is 0. The lowest BCUT2D eigenvalue weighted by Gasteiger charge is -2.42. The van der Waals surface area contributed by atoms with E-state index in [-0.39, 0.29) is 18.2 Å². The van der Waals surface area contributed by atoms with Gasteiger partial charge in [-0.05, 0) is 30.9 Å². The molecule has 4 rings (SSSR count). The maximum atomic E-state index is 13.0. The lowest BCUT2D eigenvalue weighted by Crippen LogP contribution is -2.56. The average Bonchev–Trinajstić information content (AvgIpc) is 3.31. The number of fused-ring (bicyclic) bond motifs is 1. The maximum Gasteiger partial charge on any atom is 0.320 e. The molecule has 0 radical (unpaired) electrons. The maximum absolute atomic E-state index is 13.0. The van der Waals surface area contributed by atoms with E-state index in [0.29, 0.717) is 5.92 Å². The molecule has 25 heavy (non-hydrogen) atoms. The minimum atomic E-state index is 0.241. The van der Waals surface area contributed by atoms with Gasteiger partial charge in [0.25, 0.3) is 0 Å². The zero-order chi connectivity index (χ0) is 17.2. The highest BCUT2D eigenvalue weighted by Gasteiger charge is 2.46. The van der Waals surface area contributed by atoms with Crippen LogP contribution in [-0.4, -0.2) is 77.7 Å². The summed E-state index contributed by atoms with van der Waals surface area (Å²) in [4.78, 5) is 23.8. The van der Waals surface area contributed by atoms with Gasteiger partial charge in [-0.3, -0.25) is 9.88 Å². The number of urea groups is 1. The van der Waals surface area contributed by atoms with E-state index in [1.54, 1.807) is 0 Å². The number of aromatic nitrogens is 1. The van der Waals surface area contributed by atoms with Crippen LogP contribution in [0.3, 0.4) is 0 Å². The van der Waals surface area contributed by atoms with E-state index in [1.807, 2.05) is 30.5 Å². The molecular weight excluding hydrogens is 316 g/mol. The quantitative estimate of drug-likeness (QED) is 0.839. The fraction of sp³-hybridized carbons (Fsp3) is 0.684. The molecule has 0 spiro atoms. The molecule has 0 N–H and O–H groups in total. The van der Waals surface area contributed by atoms with Crippen molar-refractivity contribution >= 4 is 6.03 Å². The third-order valence-electron chi connectivity index (χ3n) is 5.99. The molecule has 3 aliphatic rings. The summed E-state index contributed by atoms with van der Waals surface area (Å²) in [6.07, 6.45) is 7.22. The number of nitrogens with zero attached hydrogens (tertiary/aromatic N) is 4. The molecule has 1 aromatic heterocycles. The number of hydrogen-bond donors (Lipinski definition) is 0. The van der Waals surface area contributed by atoms with E-state index in [1.165, 1.54) is 5.56 Å². The Labute approximate surface area is 149 Å². The van der Waals surface area contributed by atoms with Gasteiger partial charge in [0, 0.05) is 64.7 Å². The van der Waals surface area contributed by atoms with E-state index in [2.05, 4.69) is 20.9 Å². The molecule has 0 aliphatic carbocycles. The van der Waals surface area contributed by atoms with Gasteiger partial charge in [0.1, 0.15) is 0 Å². The number of likely N-dealkylation sites (tertiary alicyclic amines) is 3. The largest absolute Gasteiger partial charge is 0.381 e. The second-order valence-corrected chi connectivity index (χ2v) is 7.52. The lowest BCUT2D eigenvalue weighted by atomic mass is 9.89. The van der Waals surface area contributed by atoms with Crippen molar-refractivity contribution in [1.29, 1.82) is 0 Å². The Hall–Kier alpha value is -1.66. The molecule has 4 heterocycles. The van der Waals surface area contributed by atoms with Crippen LogP contribution in [0.5, 0.6) is 0 Å². The van der Waals surface area contributed by atoms with Gasteiger partial charge < -0.3 is 14.5 Å². The molecule has 2 amide bonds. The van der Waals surface area contributed by atoms with Crippen LogP contribution >= 0.6 is 0 Å². The Kier molecular flexibility index (Phi) is 4.90. The van der Waals surface area contributed by atoms with Crippen LogP contribution in [0, 0.1) is 5.92 Å². The summed E-state index contributed by atoms with van der Waals surface area (Å²) in [6.45, 7) is 5.46. The van der Waals surface area contributed by atoms with Gasteiger partial charge in [0.2, 0.25) is 0 Å². The number of amides is 2. The smallest absolute Gasteiger partial charge is 0.320 e. The number of methoxy groups -OCH3 is 1. The number of carbonyl (C=O) groups excluding carboxylic acids is 1. The van der Waals surface area contributed by atoms with Gasteiger partial charge >= 0.3 is 6.03 Å². The van der Waals surface area contributed by atoms with Gasteiger partial charge in [-0.25, -0.2) is 4.79 Å². The van der Waals surface area contributed by atoms with Crippen LogP contribution in [0.4, 0.5) is 4.79 Å². The summed E-state index contributed by atoms with van der Waals surface area (Å²) < 4.78 is 5.77. The van der Waals surface area contributed by atoms with Crippen LogP contribution in [0.25, 0.3) is 0 Å². The standard InChI is InChI=1S/C19H28N4O2/c1-25-18-6-10-23(19(24)22-8-2-3-9-22)17-14-21(13-16(17)18)12-15-5-4-7-20-11-15/h4-5,7,11,16-18H,2-3,6,8-10,12-14H2,1H3/t16-,17+,18+/m0/s1. The summed E-state index contributed by atoms with van der Waals surface area (Å²) in [5.74, 6) is 0.405. The Morgan fingerprint density at radius 3 is 2.84 bits per heavy atom. The molecule has 0 aromatic carbocycles. The third kappa shape index (κ3) is 3.37. The molecule has 3 aliphatic heterocycles. The molecule has 136 valence electrons. The molecule has 0 unspecified atom stereocenters. The number of pyridine rings is 1. The molecular formula is C19H28N4O2. The molecule has 6 heteroatoms. The van der Waals surface area contributed by atoms with Crippen molar-refractivity contribution < 1.29 is 9.53 Å². The normalized spacial score (nSPS) is 29.9. The van der Waals surface area contributed by atoms with Crippen LogP contribution in [-0.2, 0) is 11.3 Å². The average molecular weight is 344 g/mol. The molecule has 1 aromatic rings. The predicted octanol–water partition coefficient (Wildman–Crippen LogP) is 1.82. The van der Waals surface area contributed by atoms with Crippen LogP contribution in [0.15, 0.2) is 24.5 Å². The van der Waals surface area contributed by atoms with E-state index in [9.17, 15) is 4.79 Å². The fourth-order valence-electron chi connectivity index (χ4n) is 4.73. The zero-order valence-corrected chi connectivity index (χ0v) is 15.0. The number of rotatable bonds is 3. The molecule has 0 bridgehead atoms. The van der Waals surface area contributed by atoms with Gasteiger partial charge in [-0.1, -0.05) is 6.07 Å². The first kappa shape index (κ1) is 16.8. The van der Waals surface area contributed by atoms with Gasteiger partial charge in [0.05, 0.1) is 12.1 Å². The van der Waals surface area contributed by atoms with Crippen molar-refractivity contribution in [2.75, 3.05) is 39.8 Å². The highest BCUT2D eigenvalue weighted by molar-refractivity contribution is 5.75. The van der Waals surface area contributed by atoms with E-state index < -0.39 is 0 Å². The minimum Gasteiger partial charge on any atom is -0.381 e. The van der Waals surface area contributed by atoms with Crippen LogP contribution in [0.2, 0.25) is 0 Å². The van der Waals surface area contributed by atoms with Crippen molar-refractivity contribution in [2.24, 2.45) is 5.92 Å². The summed E-state index contributed by atoms with van der Waals surface area (Å²) in [5.41, 5.74) is 1.23. The Morgan fingerprint density at radius 1 is 1.28 bits per heavy atom. The minimum absolute atomic E-state index is 0.241. The van der Waals surface area contributed by atoms with Gasteiger partial charge in [-0.15, -0.1) is 0 Å². The SMILES string of the molecule is CO[C@@H]1CCN(C(=O)N2CCCC2)[C@@H]2CN(Cc3cccnc3)C[C@@H]21. The number of carbonyl (C=O) groups is 1. The van der Waals surface area contributed by atoms with Crippen molar-refractivity contribution in [3.05, 3.63) is 30.1 Å². The number of hydrogen-bond acceptors (Lipinski definition) is 4. The number of ether oxygens (including phenoxy) is 1. The first-order chi connectivity index (χ1) is 12.3. The van der Waals surface area contributed by atoms with E-state index in [0.717, 1.165) is 58.5 Å². The fourth-order valence-corrected chi connectivity index (χ4v) is 4.73. The second-order valence-electron chi connectivity index (χ2n) is 7.52. The van der Waals surface area contributed by atoms with E-state index in [4.69, 9.17) is 4.74 Å². The van der Waals surface area contributed by atoms with Crippen LogP contribution < -0.4 is 0 Å². The Bertz CT molecular complexity index is 590. The summed E-state index contributed by atoms with van der Waals surface area (Å²) in [7, 11) is 1.81. The van der Waals surface area contributed by atoms with Crippen molar-refractivity contribution in [3.63, 3.8) is 0 Å². The zero-order valence-electron chi connectivity index (χ0n) is 15.0. The monoisotopic (exact) mass is 344 g/mol. The van der Waals surface area contributed by atoms with Gasteiger partial charge in [0.15, 0.2) is 0 Å². The summed E-state index contributed by atoms with van der Waals surface area (Å²) in [6, 6.07) is 4.61. The first-order valence-corrected chi connectivity index (χ1v) is 9.46. The van der Waals surface area contributed by atoms with Crippen molar-refractivity contribution in [2.45, 2.75) is 38.0 Å². The predicted molar refractivity (Wildman–Crippen MR) is 95.1 cm³/mol. The van der Waals surface area contributed by atoms with Crippen LogP contribution in [0.1, 0.15) is 24.8 Å². The van der Waals surface area contributed by atoms with Gasteiger partial charge in [-0.2, -0.15) is 0 Å². The Balaban J connectivity index is 1.48.